The highest BCUT2D eigenvalue weighted by molar-refractivity contribution is 6.39. The standard InChI is InChI=1S/C21H17Cl2FN2O2/c1-12-18(20(25-28-12)19-15(22)4-2-5-16(19)23)21(27)26-11-3-6-17(26)13-7-9-14(24)10-8-13/h2,4-5,7-10,17H,3,6,11H2,1H3. The number of benzene rings is 2. The molecule has 4 nitrogen and oxygen atoms in total. The molecule has 1 saturated heterocycles. The molecule has 3 aromatic rings. The molecule has 0 radical (unpaired) electrons. The highest BCUT2D eigenvalue weighted by atomic mass is 35.5. The number of hydrogen-bond donors (Lipinski definition) is 0. The van der Waals surface area contributed by atoms with Gasteiger partial charge in [-0.05, 0) is 49.6 Å². The fraction of sp³-hybridized carbons (Fsp3) is 0.238. The summed E-state index contributed by atoms with van der Waals surface area (Å²) in [6.45, 7) is 2.29. The van der Waals surface area contributed by atoms with Crippen LogP contribution in [0.1, 0.15) is 40.6 Å². The molecule has 1 aliphatic rings. The van der Waals surface area contributed by atoms with E-state index in [-0.39, 0.29) is 17.8 Å². The summed E-state index contributed by atoms with van der Waals surface area (Å²) >= 11 is 12.6. The second-order valence-corrected chi connectivity index (χ2v) is 7.58. The molecular weight excluding hydrogens is 402 g/mol. The lowest BCUT2D eigenvalue weighted by Gasteiger charge is -2.25. The van der Waals surface area contributed by atoms with Crippen molar-refractivity contribution in [3.05, 3.63) is 75.2 Å². The topological polar surface area (TPSA) is 46.3 Å². The summed E-state index contributed by atoms with van der Waals surface area (Å²) in [7, 11) is 0. The molecule has 2 heterocycles. The molecule has 0 aliphatic carbocycles. The van der Waals surface area contributed by atoms with E-state index in [0.29, 0.717) is 39.2 Å². The largest absolute Gasteiger partial charge is 0.360 e. The van der Waals surface area contributed by atoms with E-state index >= 15 is 0 Å². The van der Waals surface area contributed by atoms with E-state index in [0.717, 1.165) is 18.4 Å². The van der Waals surface area contributed by atoms with E-state index in [1.165, 1.54) is 12.1 Å². The number of aryl methyl sites for hydroxylation is 1. The van der Waals surface area contributed by atoms with Gasteiger partial charge in [0.2, 0.25) is 0 Å². The highest BCUT2D eigenvalue weighted by Crippen LogP contribution is 2.39. The molecule has 0 spiro atoms. The maximum Gasteiger partial charge on any atom is 0.260 e. The molecule has 0 bridgehead atoms. The zero-order valence-corrected chi connectivity index (χ0v) is 16.6. The van der Waals surface area contributed by atoms with E-state index in [9.17, 15) is 9.18 Å². The van der Waals surface area contributed by atoms with Crippen molar-refractivity contribution < 1.29 is 13.7 Å². The number of amides is 1. The molecule has 144 valence electrons. The van der Waals surface area contributed by atoms with Crippen molar-refractivity contribution in [1.29, 1.82) is 0 Å². The lowest BCUT2D eigenvalue weighted by atomic mass is 10.0. The Morgan fingerprint density at radius 2 is 1.86 bits per heavy atom. The molecule has 0 N–H and O–H groups in total. The number of nitrogens with zero attached hydrogens (tertiary/aromatic N) is 2. The van der Waals surface area contributed by atoms with Gasteiger partial charge in [-0.1, -0.05) is 46.6 Å². The van der Waals surface area contributed by atoms with Crippen LogP contribution in [0.4, 0.5) is 4.39 Å². The average molecular weight is 419 g/mol. The van der Waals surface area contributed by atoms with Gasteiger partial charge >= 0.3 is 0 Å². The molecule has 2 aromatic carbocycles. The van der Waals surface area contributed by atoms with Gasteiger partial charge in [0.1, 0.15) is 22.8 Å². The number of hydrogen-bond acceptors (Lipinski definition) is 3. The van der Waals surface area contributed by atoms with Gasteiger partial charge in [0.25, 0.3) is 5.91 Å². The Balaban J connectivity index is 1.74. The highest BCUT2D eigenvalue weighted by Gasteiger charge is 2.35. The Morgan fingerprint density at radius 3 is 2.54 bits per heavy atom. The van der Waals surface area contributed by atoms with Crippen LogP contribution in [0, 0.1) is 12.7 Å². The predicted molar refractivity (Wildman–Crippen MR) is 106 cm³/mol. The SMILES string of the molecule is Cc1onc(-c2c(Cl)cccc2Cl)c1C(=O)N1CCCC1c1ccc(F)cc1. The Bertz CT molecular complexity index is 1010. The van der Waals surface area contributed by atoms with E-state index in [4.69, 9.17) is 27.7 Å². The number of likely N-dealkylation sites (tertiary alicyclic amines) is 1. The van der Waals surface area contributed by atoms with Crippen molar-refractivity contribution in [2.24, 2.45) is 0 Å². The third-order valence-electron chi connectivity index (χ3n) is 5.04. The lowest BCUT2D eigenvalue weighted by Crippen LogP contribution is -2.31. The normalized spacial score (nSPS) is 16.6. The summed E-state index contributed by atoms with van der Waals surface area (Å²) in [5.41, 5.74) is 2.06. The van der Waals surface area contributed by atoms with Crippen molar-refractivity contribution in [2.45, 2.75) is 25.8 Å². The molecule has 1 fully saturated rings. The van der Waals surface area contributed by atoms with Crippen molar-refractivity contribution in [3.63, 3.8) is 0 Å². The smallest absolute Gasteiger partial charge is 0.260 e. The molecule has 1 unspecified atom stereocenters. The van der Waals surface area contributed by atoms with Crippen LogP contribution in [0.3, 0.4) is 0 Å². The second-order valence-electron chi connectivity index (χ2n) is 6.77. The van der Waals surface area contributed by atoms with Gasteiger partial charge in [0.05, 0.1) is 16.1 Å². The van der Waals surface area contributed by atoms with E-state index in [1.54, 1.807) is 42.2 Å². The zero-order chi connectivity index (χ0) is 19.8. The van der Waals surface area contributed by atoms with Gasteiger partial charge in [0.15, 0.2) is 0 Å². The van der Waals surface area contributed by atoms with Gasteiger partial charge in [-0.3, -0.25) is 4.79 Å². The first-order valence-electron chi connectivity index (χ1n) is 8.94. The average Bonchev–Trinajstić information content (AvgIpc) is 3.29. The number of carbonyl (C=O) groups is 1. The number of rotatable bonds is 3. The summed E-state index contributed by atoms with van der Waals surface area (Å²) in [6, 6.07) is 11.3. The molecule has 1 aromatic heterocycles. The maximum absolute atomic E-state index is 13.5. The van der Waals surface area contributed by atoms with Gasteiger partial charge < -0.3 is 9.42 Å². The van der Waals surface area contributed by atoms with Crippen LogP contribution in [0.15, 0.2) is 47.0 Å². The van der Waals surface area contributed by atoms with Gasteiger partial charge in [0, 0.05) is 12.1 Å². The third kappa shape index (κ3) is 3.29. The summed E-state index contributed by atoms with van der Waals surface area (Å²) in [6.07, 6.45) is 1.67. The fourth-order valence-corrected chi connectivity index (χ4v) is 4.28. The quantitative estimate of drug-likeness (QED) is 0.518. The van der Waals surface area contributed by atoms with Crippen LogP contribution in [-0.2, 0) is 0 Å². The fourth-order valence-electron chi connectivity index (χ4n) is 3.70. The Kier molecular flexibility index (Phi) is 5.13. The van der Waals surface area contributed by atoms with Crippen molar-refractivity contribution >= 4 is 29.1 Å². The first-order chi connectivity index (χ1) is 13.5. The van der Waals surface area contributed by atoms with Crippen LogP contribution in [0.2, 0.25) is 10.0 Å². The van der Waals surface area contributed by atoms with Gasteiger partial charge in [-0.2, -0.15) is 0 Å². The van der Waals surface area contributed by atoms with Gasteiger partial charge in [-0.15, -0.1) is 0 Å². The summed E-state index contributed by atoms with van der Waals surface area (Å²) in [5.74, 6) is -0.0949. The summed E-state index contributed by atoms with van der Waals surface area (Å²) < 4.78 is 18.6. The Labute approximate surface area is 171 Å². The van der Waals surface area contributed by atoms with Crippen LogP contribution < -0.4 is 0 Å². The van der Waals surface area contributed by atoms with Crippen LogP contribution >= 0.6 is 23.2 Å². The van der Waals surface area contributed by atoms with E-state index in [1.807, 2.05) is 0 Å². The number of carbonyl (C=O) groups excluding carboxylic acids is 1. The van der Waals surface area contributed by atoms with Crippen LogP contribution in [-0.4, -0.2) is 22.5 Å². The van der Waals surface area contributed by atoms with E-state index < -0.39 is 0 Å². The molecular formula is C21H17Cl2FN2O2. The maximum atomic E-state index is 13.5. The molecule has 1 amide bonds. The van der Waals surface area contributed by atoms with Crippen molar-refractivity contribution in [3.8, 4) is 11.3 Å². The number of aromatic nitrogens is 1. The first-order valence-corrected chi connectivity index (χ1v) is 9.70. The van der Waals surface area contributed by atoms with Crippen LogP contribution in [0.5, 0.6) is 0 Å². The number of halogens is 3. The zero-order valence-electron chi connectivity index (χ0n) is 15.1. The van der Waals surface area contributed by atoms with Gasteiger partial charge in [-0.25, -0.2) is 4.39 Å². The van der Waals surface area contributed by atoms with Crippen molar-refractivity contribution in [1.82, 2.24) is 10.1 Å². The van der Waals surface area contributed by atoms with Crippen LogP contribution in [0.25, 0.3) is 11.3 Å². The molecule has 1 aliphatic heterocycles. The minimum Gasteiger partial charge on any atom is -0.360 e. The molecule has 4 rings (SSSR count). The second kappa shape index (κ2) is 7.57. The molecule has 28 heavy (non-hydrogen) atoms. The third-order valence-corrected chi connectivity index (χ3v) is 5.67. The first kappa shape index (κ1) is 19.0. The van der Waals surface area contributed by atoms with E-state index in [2.05, 4.69) is 5.16 Å². The molecule has 1 atom stereocenters. The minimum atomic E-state index is -0.301. The Morgan fingerprint density at radius 1 is 1.18 bits per heavy atom. The summed E-state index contributed by atoms with van der Waals surface area (Å²) in [5, 5.41) is 4.86. The Hall–Kier alpha value is -2.37. The predicted octanol–water partition coefficient (Wildman–Crippen LogP) is 6.07. The monoisotopic (exact) mass is 418 g/mol. The summed E-state index contributed by atoms with van der Waals surface area (Å²) in [4.78, 5) is 15.2. The molecule has 7 heteroatoms. The molecule has 0 saturated carbocycles. The van der Waals surface area contributed by atoms with Crippen molar-refractivity contribution in [2.75, 3.05) is 6.54 Å². The lowest BCUT2D eigenvalue weighted by molar-refractivity contribution is 0.0734. The minimum absolute atomic E-state index is 0.128.